The number of rotatable bonds is 9. The fourth-order valence-corrected chi connectivity index (χ4v) is 3.06. The van der Waals surface area contributed by atoms with Gasteiger partial charge in [0.2, 0.25) is 5.95 Å². The first-order valence-electron chi connectivity index (χ1n) is 9.91. The van der Waals surface area contributed by atoms with Crippen LogP contribution in [0.4, 0.5) is 17.5 Å². The maximum Gasteiger partial charge on any atom is 0.254 e. The number of primary amides is 1. The normalized spacial score (nSPS) is 17.0. The Hall–Kier alpha value is -2.91. The number of benzene rings is 1. The number of nitrogens with two attached hydrogens (primary N) is 1. The van der Waals surface area contributed by atoms with E-state index in [0.29, 0.717) is 30.0 Å². The van der Waals surface area contributed by atoms with Gasteiger partial charge < -0.3 is 25.8 Å². The maximum absolute atomic E-state index is 11.6. The Kier molecular flexibility index (Phi) is 6.06. The van der Waals surface area contributed by atoms with Crippen LogP contribution in [0.25, 0.3) is 0 Å². The smallest absolute Gasteiger partial charge is 0.254 e. The van der Waals surface area contributed by atoms with Crippen LogP contribution in [-0.4, -0.2) is 66.3 Å². The molecule has 4 rings (SSSR count). The number of hydrogen-bond acceptors (Lipinski definition) is 8. The first kappa shape index (κ1) is 19.4. The summed E-state index contributed by atoms with van der Waals surface area (Å²) in [5, 5.41) is 6.40. The number of nitrogens with zero attached hydrogens (tertiary/aromatic N) is 3. The van der Waals surface area contributed by atoms with Gasteiger partial charge in [0.05, 0.1) is 18.8 Å². The number of amides is 1. The minimum atomic E-state index is -0.546. The van der Waals surface area contributed by atoms with Gasteiger partial charge in [0.25, 0.3) is 5.91 Å². The lowest BCUT2D eigenvalue weighted by Crippen LogP contribution is -2.38. The Bertz CT molecular complexity index is 852. The fraction of sp³-hybridized carbons (Fsp3) is 0.450. The van der Waals surface area contributed by atoms with E-state index in [2.05, 4.69) is 25.5 Å². The summed E-state index contributed by atoms with van der Waals surface area (Å²) >= 11 is 0. The monoisotopic (exact) mass is 398 g/mol. The van der Waals surface area contributed by atoms with Gasteiger partial charge >= 0.3 is 0 Å². The second-order valence-electron chi connectivity index (χ2n) is 7.19. The van der Waals surface area contributed by atoms with E-state index in [-0.39, 0.29) is 0 Å². The van der Waals surface area contributed by atoms with Crippen molar-refractivity contribution in [2.24, 2.45) is 5.73 Å². The van der Waals surface area contributed by atoms with Crippen LogP contribution in [0.1, 0.15) is 23.2 Å². The molecule has 1 aromatic carbocycles. The third kappa shape index (κ3) is 5.55. The molecular weight excluding hydrogens is 372 g/mol. The Morgan fingerprint density at radius 3 is 2.90 bits per heavy atom. The number of ether oxygens (including phenoxy) is 2. The van der Waals surface area contributed by atoms with Gasteiger partial charge in [-0.1, -0.05) is 6.07 Å². The highest BCUT2D eigenvalue weighted by Crippen LogP contribution is 2.27. The predicted octanol–water partition coefficient (Wildman–Crippen LogP) is 1.60. The molecule has 0 spiro atoms. The van der Waals surface area contributed by atoms with Crippen molar-refractivity contribution in [1.29, 1.82) is 0 Å². The molecule has 154 valence electrons. The molecular formula is C20H26N6O3. The highest BCUT2D eigenvalue weighted by molar-refractivity contribution is 5.97. The Morgan fingerprint density at radius 2 is 2.14 bits per heavy atom. The van der Waals surface area contributed by atoms with Gasteiger partial charge in [-0.2, -0.15) is 4.98 Å². The summed E-state index contributed by atoms with van der Waals surface area (Å²) < 4.78 is 11.2. The Morgan fingerprint density at radius 1 is 1.31 bits per heavy atom. The second kappa shape index (κ2) is 9.06. The molecule has 29 heavy (non-hydrogen) atoms. The zero-order valence-corrected chi connectivity index (χ0v) is 16.3. The molecule has 2 fully saturated rings. The Labute approximate surface area is 169 Å². The van der Waals surface area contributed by atoms with Gasteiger partial charge in [0.15, 0.2) is 0 Å². The zero-order valence-electron chi connectivity index (χ0n) is 16.3. The van der Waals surface area contributed by atoms with E-state index >= 15 is 0 Å². The zero-order chi connectivity index (χ0) is 20.1. The molecule has 0 atom stereocenters. The molecule has 0 bridgehead atoms. The molecule has 1 aliphatic heterocycles. The summed E-state index contributed by atoms with van der Waals surface area (Å²) in [7, 11) is 0. The van der Waals surface area contributed by atoms with Gasteiger partial charge in [0, 0.05) is 43.6 Å². The number of morpholine rings is 1. The van der Waals surface area contributed by atoms with Gasteiger partial charge in [-0.3, -0.25) is 9.69 Å². The van der Waals surface area contributed by atoms with E-state index in [4.69, 9.17) is 15.2 Å². The van der Waals surface area contributed by atoms with Crippen LogP contribution >= 0.6 is 0 Å². The van der Waals surface area contributed by atoms with Crippen LogP contribution in [0, 0.1) is 0 Å². The number of carbonyl (C=O) groups excluding carboxylic acids is 1. The summed E-state index contributed by atoms with van der Waals surface area (Å²) in [6.07, 6.45) is 3.58. The van der Waals surface area contributed by atoms with Crippen molar-refractivity contribution in [2.75, 3.05) is 50.1 Å². The van der Waals surface area contributed by atoms with Crippen molar-refractivity contribution in [3.63, 3.8) is 0 Å². The number of carbonyl (C=O) groups is 1. The average Bonchev–Trinajstić information content (AvgIpc) is 3.53. The van der Waals surface area contributed by atoms with Crippen molar-refractivity contribution in [3.8, 4) is 5.75 Å². The summed E-state index contributed by atoms with van der Waals surface area (Å²) in [6, 6.07) is 7.99. The number of nitrogens with one attached hydrogen (secondary N) is 2. The molecule has 4 N–H and O–H groups in total. The van der Waals surface area contributed by atoms with Gasteiger partial charge in [-0.25, -0.2) is 4.98 Å². The topological polar surface area (TPSA) is 115 Å². The third-order valence-corrected chi connectivity index (χ3v) is 4.84. The molecule has 2 aliphatic rings. The van der Waals surface area contributed by atoms with Crippen molar-refractivity contribution in [3.05, 3.63) is 36.0 Å². The quantitative estimate of drug-likeness (QED) is 0.584. The van der Waals surface area contributed by atoms with Crippen LogP contribution in [0.2, 0.25) is 0 Å². The number of hydrogen-bond donors (Lipinski definition) is 3. The summed E-state index contributed by atoms with van der Waals surface area (Å²) in [5.74, 6) is 1.09. The summed E-state index contributed by atoms with van der Waals surface area (Å²) in [5.41, 5.74) is 6.53. The van der Waals surface area contributed by atoms with E-state index in [0.717, 1.165) is 57.1 Å². The van der Waals surface area contributed by atoms with E-state index in [1.54, 1.807) is 0 Å². The molecule has 0 unspecified atom stereocenters. The number of aromatic nitrogens is 2. The van der Waals surface area contributed by atoms with E-state index in [1.165, 1.54) is 6.20 Å². The van der Waals surface area contributed by atoms with Crippen LogP contribution in [0.5, 0.6) is 5.75 Å². The highest BCUT2D eigenvalue weighted by Gasteiger charge is 2.24. The lowest BCUT2D eigenvalue weighted by molar-refractivity contribution is 0.0322. The van der Waals surface area contributed by atoms with Crippen molar-refractivity contribution >= 4 is 23.4 Å². The fourth-order valence-electron chi connectivity index (χ4n) is 3.06. The molecule has 9 heteroatoms. The van der Waals surface area contributed by atoms with Crippen molar-refractivity contribution in [2.45, 2.75) is 18.9 Å². The predicted molar refractivity (Wildman–Crippen MR) is 110 cm³/mol. The maximum atomic E-state index is 11.6. The highest BCUT2D eigenvalue weighted by atomic mass is 16.5. The SMILES string of the molecule is NC(=O)c1cnc(Nc2cccc(OCCN3CCOCC3)c2)nc1NC1CC1. The Balaban J connectivity index is 1.37. The molecule has 1 aliphatic carbocycles. The van der Waals surface area contributed by atoms with E-state index < -0.39 is 5.91 Å². The molecule has 1 saturated heterocycles. The standard InChI is InChI=1S/C20H26N6O3/c21-18(27)17-13-22-20(25-19(17)23-14-4-5-14)24-15-2-1-3-16(12-15)29-11-8-26-6-9-28-10-7-26/h1-3,12-14H,4-11H2,(H2,21,27)(H2,22,23,24,25). The molecule has 1 aromatic heterocycles. The lowest BCUT2D eigenvalue weighted by atomic mass is 10.3. The van der Waals surface area contributed by atoms with E-state index in [9.17, 15) is 4.79 Å². The largest absolute Gasteiger partial charge is 0.492 e. The second-order valence-corrected chi connectivity index (χ2v) is 7.19. The summed E-state index contributed by atoms with van der Waals surface area (Å²) in [4.78, 5) is 22.6. The average molecular weight is 398 g/mol. The van der Waals surface area contributed by atoms with Crippen LogP contribution in [-0.2, 0) is 4.74 Å². The summed E-state index contributed by atoms with van der Waals surface area (Å²) in [6.45, 7) is 4.94. The van der Waals surface area contributed by atoms with Crippen LogP contribution in [0.15, 0.2) is 30.5 Å². The molecule has 2 aromatic rings. The minimum absolute atomic E-state index is 0.294. The van der Waals surface area contributed by atoms with Gasteiger partial charge in [-0.15, -0.1) is 0 Å². The molecule has 2 heterocycles. The third-order valence-electron chi connectivity index (χ3n) is 4.84. The first-order chi connectivity index (χ1) is 14.2. The lowest BCUT2D eigenvalue weighted by Gasteiger charge is -2.26. The molecule has 1 saturated carbocycles. The minimum Gasteiger partial charge on any atom is -0.492 e. The van der Waals surface area contributed by atoms with Gasteiger partial charge in [0.1, 0.15) is 18.2 Å². The van der Waals surface area contributed by atoms with Gasteiger partial charge in [-0.05, 0) is 25.0 Å². The van der Waals surface area contributed by atoms with Crippen molar-refractivity contribution < 1.29 is 14.3 Å². The van der Waals surface area contributed by atoms with E-state index in [1.807, 2.05) is 24.3 Å². The molecule has 9 nitrogen and oxygen atoms in total. The number of anilines is 3. The van der Waals surface area contributed by atoms with Crippen molar-refractivity contribution in [1.82, 2.24) is 14.9 Å². The van der Waals surface area contributed by atoms with Crippen LogP contribution in [0.3, 0.4) is 0 Å². The first-order valence-corrected chi connectivity index (χ1v) is 9.91. The molecule has 1 amide bonds. The molecule has 0 radical (unpaired) electrons. The van der Waals surface area contributed by atoms with Crippen LogP contribution < -0.4 is 21.1 Å².